The average Bonchev–Trinajstić information content (AvgIpc) is 3.29. The van der Waals surface area contributed by atoms with E-state index >= 15 is 0 Å². The Bertz CT molecular complexity index is 1440. The number of nitro groups is 1. The van der Waals surface area contributed by atoms with Crippen LogP contribution in [-0.2, 0) is 33.7 Å². The van der Waals surface area contributed by atoms with E-state index in [-0.39, 0.29) is 23.1 Å². The second-order valence-electron chi connectivity index (χ2n) is 8.34. The van der Waals surface area contributed by atoms with Gasteiger partial charge in [0, 0.05) is 23.6 Å². The maximum Gasteiger partial charge on any atom is 0.341 e. The van der Waals surface area contributed by atoms with Crippen molar-refractivity contribution in [3.63, 3.8) is 0 Å². The lowest BCUT2D eigenvalue weighted by molar-refractivity contribution is -0.384. The molecule has 2 aromatic heterocycles. The Labute approximate surface area is 224 Å². The molecular weight excluding hydrogens is 536 g/mol. The number of ether oxygens (including phenoxy) is 1. The van der Waals surface area contributed by atoms with Gasteiger partial charge in [-0.2, -0.15) is 4.99 Å². The van der Waals surface area contributed by atoms with Gasteiger partial charge >= 0.3 is 5.97 Å². The number of non-ortho nitro benzene ring substituents is 1. The van der Waals surface area contributed by atoms with Crippen molar-refractivity contribution in [2.24, 2.45) is 4.99 Å². The summed E-state index contributed by atoms with van der Waals surface area (Å²) >= 11 is 3.77. The molecule has 196 valence electrons. The van der Waals surface area contributed by atoms with Crippen molar-refractivity contribution in [2.45, 2.75) is 45.6 Å². The van der Waals surface area contributed by atoms with E-state index in [2.05, 4.69) is 10.3 Å². The summed E-state index contributed by atoms with van der Waals surface area (Å²) in [5.41, 5.74) is 2.17. The maximum atomic E-state index is 12.6. The summed E-state index contributed by atoms with van der Waals surface area (Å²) in [6.45, 7) is 2.45. The van der Waals surface area contributed by atoms with Crippen LogP contribution in [0.4, 0.5) is 10.7 Å². The van der Waals surface area contributed by atoms with Gasteiger partial charge in [0.2, 0.25) is 5.91 Å². The number of thiophene rings is 1. The first-order chi connectivity index (χ1) is 17.8. The first-order valence-corrected chi connectivity index (χ1v) is 14.6. The number of nitrogens with one attached hydrogen (secondary N) is 1. The van der Waals surface area contributed by atoms with E-state index < -0.39 is 16.8 Å². The van der Waals surface area contributed by atoms with Gasteiger partial charge in [-0.1, -0.05) is 17.8 Å². The molecule has 2 amide bonds. The predicted octanol–water partition coefficient (Wildman–Crippen LogP) is 4.55. The van der Waals surface area contributed by atoms with E-state index in [0.717, 1.165) is 59.8 Å². The third kappa shape index (κ3) is 6.11. The van der Waals surface area contributed by atoms with Crippen LogP contribution in [0.1, 0.15) is 47.0 Å². The van der Waals surface area contributed by atoms with Crippen molar-refractivity contribution in [3.05, 3.63) is 49.1 Å². The molecule has 0 spiro atoms. The largest absolute Gasteiger partial charge is 0.465 e. The van der Waals surface area contributed by atoms with Crippen LogP contribution in [0.15, 0.2) is 23.2 Å². The quantitative estimate of drug-likeness (QED) is 0.184. The minimum Gasteiger partial charge on any atom is -0.465 e. The van der Waals surface area contributed by atoms with Gasteiger partial charge in [-0.05, 0) is 44.2 Å². The zero-order chi connectivity index (χ0) is 26.5. The predicted molar refractivity (Wildman–Crippen MR) is 146 cm³/mol. The van der Waals surface area contributed by atoms with Crippen molar-refractivity contribution in [1.29, 1.82) is 0 Å². The van der Waals surface area contributed by atoms with Gasteiger partial charge in [0.25, 0.3) is 11.6 Å². The molecule has 0 unspecified atom stereocenters. The highest BCUT2D eigenvalue weighted by molar-refractivity contribution is 8.00. The molecule has 1 N–H and O–H groups in total. The number of methoxy groups -OCH3 is 1. The zero-order valence-electron chi connectivity index (χ0n) is 20.4. The summed E-state index contributed by atoms with van der Waals surface area (Å²) in [6, 6.07) is 4.56. The fourth-order valence-electron chi connectivity index (χ4n) is 4.25. The lowest BCUT2D eigenvalue weighted by Gasteiger charge is -2.07. The van der Waals surface area contributed by atoms with Crippen molar-refractivity contribution >= 4 is 73.1 Å². The maximum absolute atomic E-state index is 12.6. The number of esters is 1. The lowest BCUT2D eigenvalue weighted by atomic mass is 10.1. The Morgan fingerprint density at radius 3 is 2.70 bits per heavy atom. The standard InChI is InChI=1S/C24H26N4O6S3/c1-3-27-16-10-9-14(28(32)33)11-18(16)37-24(27)26-20(30)13-35-12-19(29)25-22-21(23(31)34-2)15-7-5-4-6-8-17(15)36-22/h9-11H,3-8,12-13H2,1-2H3,(H,25,29). The highest BCUT2D eigenvalue weighted by Crippen LogP contribution is 2.38. The SMILES string of the molecule is CCn1c(=NC(=O)CSCC(=O)Nc2sc3c(c2C(=O)OC)CCCCC3)sc2cc([N+](=O)[O-])ccc21. The number of aromatic nitrogens is 1. The third-order valence-corrected chi connectivity index (χ3v) is 9.10. The number of thioether (sulfide) groups is 1. The van der Waals surface area contributed by atoms with E-state index in [9.17, 15) is 24.5 Å². The molecule has 1 aliphatic rings. The highest BCUT2D eigenvalue weighted by Gasteiger charge is 2.26. The Hall–Kier alpha value is -3.03. The number of rotatable bonds is 8. The number of amides is 2. The van der Waals surface area contributed by atoms with Crippen LogP contribution < -0.4 is 10.1 Å². The number of anilines is 1. The van der Waals surface area contributed by atoms with Crippen LogP contribution in [0.2, 0.25) is 0 Å². The summed E-state index contributed by atoms with van der Waals surface area (Å²) in [4.78, 5) is 54.0. The van der Waals surface area contributed by atoms with Crippen molar-refractivity contribution in [2.75, 3.05) is 23.9 Å². The number of aryl methyl sites for hydroxylation is 2. The molecule has 13 heteroatoms. The van der Waals surface area contributed by atoms with Crippen LogP contribution in [0.3, 0.4) is 0 Å². The summed E-state index contributed by atoms with van der Waals surface area (Å²) in [7, 11) is 1.33. The lowest BCUT2D eigenvalue weighted by Crippen LogP contribution is -2.18. The van der Waals surface area contributed by atoms with Crippen LogP contribution in [0.25, 0.3) is 10.2 Å². The molecule has 0 saturated heterocycles. The van der Waals surface area contributed by atoms with Crippen molar-refractivity contribution in [1.82, 2.24) is 4.57 Å². The first-order valence-electron chi connectivity index (χ1n) is 11.8. The van der Waals surface area contributed by atoms with Gasteiger partial charge in [0.05, 0.1) is 39.3 Å². The van der Waals surface area contributed by atoms with Gasteiger partial charge in [0.1, 0.15) is 5.00 Å². The number of hydrogen-bond donors (Lipinski definition) is 1. The Morgan fingerprint density at radius 1 is 1.19 bits per heavy atom. The molecule has 3 aromatic rings. The highest BCUT2D eigenvalue weighted by atomic mass is 32.2. The van der Waals surface area contributed by atoms with E-state index in [1.807, 2.05) is 11.5 Å². The number of carbonyl (C=O) groups is 3. The van der Waals surface area contributed by atoms with E-state index in [4.69, 9.17) is 4.74 Å². The van der Waals surface area contributed by atoms with Gasteiger partial charge in [0.15, 0.2) is 4.80 Å². The van der Waals surface area contributed by atoms with Crippen LogP contribution in [-0.4, -0.2) is 45.9 Å². The van der Waals surface area contributed by atoms with Gasteiger partial charge < -0.3 is 14.6 Å². The number of thiazole rings is 1. The molecule has 0 atom stereocenters. The molecule has 10 nitrogen and oxygen atoms in total. The zero-order valence-corrected chi connectivity index (χ0v) is 22.9. The molecule has 2 heterocycles. The number of hydrogen-bond acceptors (Lipinski definition) is 9. The van der Waals surface area contributed by atoms with Crippen LogP contribution in [0.5, 0.6) is 0 Å². The molecule has 37 heavy (non-hydrogen) atoms. The smallest absolute Gasteiger partial charge is 0.341 e. The number of carbonyl (C=O) groups excluding carboxylic acids is 3. The summed E-state index contributed by atoms with van der Waals surface area (Å²) in [6.07, 6.45) is 4.83. The van der Waals surface area contributed by atoms with Crippen molar-refractivity contribution < 1.29 is 24.0 Å². The van der Waals surface area contributed by atoms with Gasteiger partial charge in [-0.15, -0.1) is 23.1 Å². The first kappa shape index (κ1) is 27.0. The van der Waals surface area contributed by atoms with E-state index in [0.29, 0.717) is 26.6 Å². The second-order valence-corrected chi connectivity index (χ2v) is 11.4. The average molecular weight is 563 g/mol. The fraction of sp³-hybridized carbons (Fsp3) is 0.417. The van der Waals surface area contributed by atoms with E-state index in [1.165, 1.54) is 41.9 Å². The normalized spacial score (nSPS) is 13.7. The molecule has 0 aliphatic heterocycles. The Morgan fingerprint density at radius 2 is 1.97 bits per heavy atom. The van der Waals surface area contributed by atoms with E-state index in [1.54, 1.807) is 6.07 Å². The third-order valence-electron chi connectivity index (χ3n) is 5.94. The molecule has 0 fully saturated rings. The molecule has 4 rings (SSSR count). The molecule has 1 aliphatic carbocycles. The minimum absolute atomic E-state index is 0.00364. The molecular formula is C24H26N4O6S3. The number of nitro benzene ring substituents is 1. The molecule has 0 bridgehead atoms. The topological polar surface area (TPSA) is 133 Å². The fourth-order valence-corrected chi connectivity index (χ4v) is 7.28. The molecule has 0 radical (unpaired) electrons. The summed E-state index contributed by atoms with van der Waals surface area (Å²) < 4.78 is 7.47. The minimum atomic E-state index is -0.458. The number of benzene rings is 1. The van der Waals surface area contributed by atoms with Crippen molar-refractivity contribution in [3.8, 4) is 0 Å². The number of fused-ring (bicyclic) bond motifs is 2. The molecule has 0 saturated carbocycles. The van der Waals surface area contributed by atoms with Crippen LogP contribution >= 0.6 is 34.4 Å². The summed E-state index contributed by atoms with van der Waals surface area (Å²) in [5.74, 6) is -1.14. The second kappa shape index (κ2) is 12.0. The van der Waals surface area contributed by atoms with Gasteiger partial charge in [-0.3, -0.25) is 19.7 Å². The summed E-state index contributed by atoms with van der Waals surface area (Å²) in [5, 5.41) is 14.4. The Kier molecular flexibility index (Phi) is 8.77. The van der Waals surface area contributed by atoms with Crippen LogP contribution in [0, 0.1) is 10.1 Å². The Balaban J connectivity index is 1.41. The monoisotopic (exact) mass is 562 g/mol. The molecule has 1 aromatic carbocycles. The number of nitrogens with zero attached hydrogens (tertiary/aromatic N) is 3. The van der Waals surface area contributed by atoms with Gasteiger partial charge in [-0.25, -0.2) is 4.79 Å².